The molecular weight excluding hydrogens is 380 g/mol. The van der Waals surface area contributed by atoms with Crippen molar-refractivity contribution in [2.24, 2.45) is 0 Å². The van der Waals surface area contributed by atoms with Crippen molar-refractivity contribution >= 4 is 39.5 Å². The van der Waals surface area contributed by atoms with Gasteiger partial charge in [0.1, 0.15) is 6.54 Å². The molecule has 0 aliphatic carbocycles. The van der Waals surface area contributed by atoms with Crippen molar-refractivity contribution < 1.29 is 4.79 Å². The number of nitrogens with zero attached hydrogens (tertiary/aromatic N) is 3. The molecule has 3 heterocycles. The van der Waals surface area contributed by atoms with Gasteiger partial charge in [-0.1, -0.05) is 12.1 Å². The first-order valence-electron chi connectivity index (χ1n) is 8.32. The van der Waals surface area contributed by atoms with Crippen LogP contribution in [0.5, 0.6) is 0 Å². The van der Waals surface area contributed by atoms with Gasteiger partial charge in [-0.05, 0) is 31.2 Å². The number of aryl methyl sites for hydroxylation is 1. The van der Waals surface area contributed by atoms with Gasteiger partial charge in [-0.15, -0.1) is 22.7 Å². The summed E-state index contributed by atoms with van der Waals surface area (Å²) < 4.78 is 1.33. The van der Waals surface area contributed by atoms with Gasteiger partial charge >= 0.3 is 0 Å². The molecule has 1 aromatic carbocycles. The Labute approximate surface area is 163 Å². The zero-order chi connectivity index (χ0) is 18.8. The number of carbonyl (C=O) groups excluding carboxylic acids is 1. The second kappa shape index (κ2) is 7.42. The summed E-state index contributed by atoms with van der Waals surface area (Å²) in [6, 6.07) is 11.1. The predicted octanol–water partition coefficient (Wildman–Crippen LogP) is 3.21. The zero-order valence-electron chi connectivity index (χ0n) is 14.5. The van der Waals surface area contributed by atoms with E-state index in [9.17, 15) is 9.59 Å². The second-order valence-corrected chi connectivity index (χ2v) is 8.22. The first-order valence-corrected chi connectivity index (χ1v) is 10.0. The molecule has 0 unspecified atom stereocenters. The van der Waals surface area contributed by atoms with Crippen molar-refractivity contribution in [1.82, 2.24) is 19.9 Å². The number of benzene rings is 1. The van der Waals surface area contributed by atoms with Crippen LogP contribution >= 0.6 is 22.7 Å². The molecule has 0 aliphatic rings. The lowest BCUT2D eigenvalue weighted by atomic mass is 10.2. The van der Waals surface area contributed by atoms with Gasteiger partial charge in [0.2, 0.25) is 5.91 Å². The zero-order valence-corrected chi connectivity index (χ0v) is 16.1. The van der Waals surface area contributed by atoms with Crippen LogP contribution in [-0.2, 0) is 17.9 Å². The molecule has 0 aliphatic heterocycles. The topological polar surface area (TPSA) is 76.9 Å². The first-order chi connectivity index (χ1) is 13.1. The van der Waals surface area contributed by atoms with Crippen LogP contribution < -0.4 is 10.9 Å². The Kier molecular flexibility index (Phi) is 4.83. The summed E-state index contributed by atoms with van der Waals surface area (Å²) in [5.41, 5.74) is 1.38. The number of aromatic nitrogens is 3. The Morgan fingerprint density at radius 3 is 2.89 bits per heavy atom. The highest BCUT2D eigenvalue weighted by atomic mass is 32.1. The van der Waals surface area contributed by atoms with Gasteiger partial charge < -0.3 is 5.32 Å². The van der Waals surface area contributed by atoms with Gasteiger partial charge in [-0.25, -0.2) is 9.97 Å². The van der Waals surface area contributed by atoms with E-state index in [2.05, 4.69) is 15.3 Å². The molecule has 6 nitrogen and oxygen atoms in total. The van der Waals surface area contributed by atoms with Gasteiger partial charge in [0, 0.05) is 10.3 Å². The number of rotatable bonds is 5. The number of carbonyl (C=O) groups is 1. The fourth-order valence-electron chi connectivity index (χ4n) is 2.70. The summed E-state index contributed by atoms with van der Waals surface area (Å²) in [5.74, 6) is -0.228. The third-order valence-corrected chi connectivity index (χ3v) is 5.92. The highest BCUT2D eigenvalue weighted by molar-refractivity contribution is 7.16. The smallest absolute Gasteiger partial charge is 0.261 e. The number of thiazole rings is 1. The summed E-state index contributed by atoms with van der Waals surface area (Å²) >= 11 is 3.22. The van der Waals surface area contributed by atoms with Crippen LogP contribution in [0.3, 0.4) is 0 Å². The Bertz CT molecular complexity index is 1180. The third-order valence-electron chi connectivity index (χ3n) is 4.04. The summed E-state index contributed by atoms with van der Waals surface area (Å²) in [6.45, 7) is 2.34. The van der Waals surface area contributed by atoms with Crippen molar-refractivity contribution in [1.29, 1.82) is 0 Å². The van der Waals surface area contributed by atoms with E-state index in [1.165, 1.54) is 10.9 Å². The normalized spacial score (nSPS) is 11.0. The first kappa shape index (κ1) is 17.6. The molecule has 27 heavy (non-hydrogen) atoms. The number of amides is 1. The van der Waals surface area contributed by atoms with E-state index in [0.717, 1.165) is 20.5 Å². The molecule has 0 saturated heterocycles. The molecule has 0 saturated carbocycles. The molecule has 1 N–H and O–H groups in total. The van der Waals surface area contributed by atoms with E-state index >= 15 is 0 Å². The van der Waals surface area contributed by atoms with E-state index in [1.807, 2.05) is 30.5 Å². The lowest BCUT2D eigenvalue weighted by molar-refractivity contribution is -0.121. The van der Waals surface area contributed by atoms with Crippen molar-refractivity contribution in [3.63, 3.8) is 0 Å². The van der Waals surface area contributed by atoms with Gasteiger partial charge in [-0.2, -0.15) is 0 Å². The Morgan fingerprint density at radius 1 is 1.22 bits per heavy atom. The number of nitrogens with one attached hydrogen (secondary N) is 1. The summed E-state index contributed by atoms with van der Waals surface area (Å²) in [4.78, 5) is 35.5. The molecule has 0 radical (unpaired) electrons. The standard InChI is InChI=1S/C19H16N4O2S2/c1-12-22-16(10-26-12)17-7-6-13(27-17)8-20-18(24)9-23-11-21-15-5-3-2-4-14(15)19(23)25/h2-7,10-11H,8-9H2,1H3,(H,20,24). The molecule has 0 fully saturated rings. The molecule has 4 rings (SSSR count). The maximum absolute atomic E-state index is 12.4. The maximum atomic E-state index is 12.4. The van der Waals surface area contributed by atoms with Gasteiger partial charge in [-0.3, -0.25) is 14.2 Å². The average Bonchev–Trinajstić information content (AvgIpc) is 3.31. The molecule has 4 aromatic rings. The Morgan fingerprint density at radius 2 is 2.07 bits per heavy atom. The van der Waals surface area contributed by atoms with Crippen molar-refractivity contribution in [2.45, 2.75) is 20.0 Å². The van der Waals surface area contributed by atoms with Gasteiger partial charge in [0.05, 0.1) is 39.4 Å². The SMILES string of the molecule is Cc1nc(-c2ccc(CNC(=O)Cn3cnc4ccccc4c3=O)s2)cs1. The number of hydrogen-bond acceptors (Lipinski definition) is 6. The lowest BCUT2D eigenvalue weighted by Gasteiger charge is -2.07. The van der Waals surface area contributed by atoms with Crippen LogP contribution in [0.1, 0.15) is 9.88 Å². The predicted molar refractivity (Wildman–Crippen MR) is 108 cm³/mol. The number of fused-ring (bicyclic) bond motifs is 1. The summed E-state index contributed by atoms with van der Waals surface area (Å²) in [7, 11) is 0. The Balaban J connectivity index is 1.41. The van der Waals surface area contributed by atoms with Crippen LogP contribution in [-0.4, -0.2) is 20.4 Å². The third kappa shape index (κ3) is 3.81. The molecule has 0 atom stereocenters. The lowest BCUT2D eigenvalue weighted by Crippen LogP contribution is -2.32. The quantitative estimate of drug-likeness (QED) is 0.562. The van der Waals surface area contributed by atoms with Crippen LogP contribution in [0.25, 0.3) is 21.5 Å². The summed E-state index contributed by atoms with van der Waals surface area (Å²) in [5, 5.41) is 6.43. The van der Waals surface area contributed by atoms with Crippen LogP contribution in [0.2, 0.25) is 0 Å². The molecule has 1 amide bonds. The minimum atomic E-state index is -0.228. The molecule has 0 spiro atoms. The van der Waals surface area contributed by atoms with E-state index in [1.54, 1.807) is 40.9 Å². The van der Waals surface area contributed by atoms with Crippen molar-refractivity contribution in [3.05, 3.63) is 68.3 Å². The van der Waals surface area contributed by atoms with Crippen LogP contribution in [0, 0.1) is 6.92 Å². The Hall–Kier alpha value is -2.84. The largest absolute Gasteiger partial charge is 0.350 e. The number of hydrogen-bond donors (Lipinski definition) is 1. The fraction of sp³-hybridized carbons (Fsp3) is 0.158. The van der Waals surface area contributed by atoms with E-state index < -0.39 is 0 Å². The van der Waals surface area contributed by atoms with Gasteiger partial charge in [0.25, 0.3) is 5.56 Å². The minimum Gasteiger partial charge on any atom is -0.350 e. The fourth-order valence-corrected chi connectivity index (χ4v) is 4.30. The van der Waals surface area contributed by atoms with Crippen LogP contribution in [0.4, 0.5) is 0 Å². The average molecular weight is 396 g/mol. The minimum absolute atomic E-state index is 0.0554. The molecule has 136 valence electrons. The molecular formula is C19H16N4O2S2. The molecule has 8 heteroatoms. The highest BCUT2D eigenvalue weighted by Crippen LogP contribution is 2.28. The molecule has 3 aromatic heterocycles. The molecule has 0 bridgehead atoms. The number of para-hydroxylation sites is 1. The van der Waals surface area contributed by atoms with Crippen molar-refractivity contribution in [2.75, 3.05) is 0 Å². The van der Waals surface area contributed by atoms with E-state index in [4.69, 9.17) is 0 Å². The maximum Gasteiger partial charge on any atom is 0.261 e. The summed E-state index contributed by atoms with van der Waals surface area (Å²) in [6.07, 6.45) is 1.41. The second-order valence-electron chi connectivity index (χ2n) is 5.99. The van der Waals surface area contributed by atoms with Crippen molar-refractivity contribution in [3.8, 4) is 10.6 Å². The van der Waals surface area contributed by atoms with E-state index in [0.29, 0.717) is 17.4 Å². The van der Waals surface area contributed by atoms with Gasteiger partial charge in [0.15, 0.2) is 0 Å². The number of thiophene rings is 1. The van der Waals surface area contributed by atoms with Crippen LogP contribution in [0.15, 0.2) is 52.9 Å². The highest BCUT2D eigenvalue weighted by Gasteiger charge is 2.10. The monoisotopic (exact) mass is 396 g/mol. The van der Waals surface area contributed by atoms with E-state index in [-0.39, 0.29) is 18.0 Å².